The molecule has 2 N–H and O–H groups in total. The number of urea groups is 1. The summed E-state index contributed by atoms with van der Waals surface area (Å²) in [5, 5.41) is 4.05. The van der Waals surface area contributed by atoms with Crippen LogP contribution in [-0.4, -0.2) is 95.0 Å². The molecular formula is C29H44N6O8. The van der Waals surface area contributed by atoms with Crippen molar-refractivity contribution >= 4 is 30.6 Å². The number of hydroxylamine groups is 3. The number of benzene rings is 1. The fourth-order valence-electron chi connectivity index (χ4n) is 4.58. The molecule has 0 aromatic heterocycles. The topological polar surface area (TPSA) is 151 Å². The first-order valence-corrected chi connectivity index (χ1v) is 14.4. The number of fused-ring (bicyclic) bond motifs is 2. The molecule has 2 bridgehead atoms. The summed E-state index contributed by atoms with van der Waals surface area (Å²) >= 11 is 0. The summed E-state index contributed by atoms with van der Waals surface area (Å²) in [4.78, 5) is 64.5. The van der Waals surface area contributed by atoms with Crippen LogP contribution >= 0.6 is 0 Å². The number of alkyl carbamates (subject to hydrolysis) is 1. The molecule has 0 spiro atoms. The monoisotopic (exact) mass is 604 g/mol. The SMILES string of the molecule is CC(C)(C)OC(=O)/N=C(/NC(=O)OC(C)(C)C)N1CCC(ONC=O)C1.O=C1N2CCCC(C2)N1OCc1ccccc1. The first-order valence-electron chi connectivity index (χ1n) is 14.4. The molecule has 2 unspecified atom stereocenters. The second-order valence-corrected chi connectivity index (χ2v) is 12.4. The Morgan fingerprint density at radius 1 is 1.00 bits per heavy atom. The lowest BCUT2D eigenvalue weighted by Gasteiger charge is -2.24. The Bertz CT molecular complexity index is 1130. The highest BCUT2D eigenvalue weighted by molar-refractivity contribution is 5.99. The molecule has 2 atom stereocenters. The fraction of sp³-hybridized carbons (Fsp3) is 0.621. The van der Waals surface area contributed by atoms with Gasteiger partial charge in [0, 0.05) is 26.2 Å². The smallest absolute Gasteiger partial charge is 0.437 e. The molecule has 3 heterocycles. The average Bonchev–Trinajstić information content (AvgIpc) is 3.47. The van der Waals surface area contributed by atoms with E-state index in [2.05, 4.69) is 15.8 Å². The number of nitrogens with one attached hydrogen (secondary N) is 2. The van der Waals surface area contributed by atoms with Crippen LogP contribution in [0.15, 0.2) is 35.3 Å². The summed E-state index contributed by atoms with van der Waals surface area (Å²) in [7, 11) is 0. The van der Waals surface area contributed by atoms with Crippen LogP contribution < -0.4 is 10.8 Å². The van der Waals surface area contributed by atoms with Crippen LogP contribution in [0.25, 0.3) is 0 Å². The van der Waals surface area contributed by atoms with Crippen LogP contribution in [0, 0.1) is 0 Å². The van der Waals surface area contributed by atoms with Crippen LogP contribution in [0.5, 0.6) is 0 Å². The maximum Gasteiger partial charge on any atom is 0.437 e. The zero-order valence-corrected chi connectivity index (χ0v) is 25.8. The lowest BCUT2D eigenvalue weighted by molar-refractivity contribution is -0.140. The zero-order valence-electron chi connectivity index (χ0n) is 25.8. The van der Waals surface area contributed by atoms with Gasteiger partial charge in [-0.3, -0.25) is 19.8 Å². The van der Waals surface area contributed by atoms with Crippen molar-refractivity contribution in [2.75, 3.05) is 26.2 Å². The molecular weight excluding hydrogens is 560 g/mol. The number of likely N-dealkylation sites (tertiary alicyclic amines) is 1. The van der Waals surface area contributed by atoms with Crippen molar-refractivity contribution in [1.82, 2.24) is 25.7 Å². The van der Waals surface area contributed by atoms with Crippen molar-refractivity contribution in [3.05, 3.63) is 35.9 Å². The van der Waals surface area contributed by atoms with Crippen molar-refractivity contribution in [2.24, 2.45) is 4.99 Å². The molecule has 3 fully saturated rings. The van der Waals surface area contributed by atoms with E-state index in [9.17, 15) is 19.2 Å². The molecule has 0 radical (unpaired) electrons. The highest BCUT2D eigenvalue weighted by Gasteiger charge is 2.40. The van der Waals surface area contributed by atoms with Crippen molar-refractivity contribution in [1.29, 1.82) is 0 Å². The van der Waals surface area contributed by atoms with E-state index in [1.165, 1.54) is 0 Å². The summed E-state index contributed by atoms with van der Waals surface area (Å²) in [5.41, 5.74) is 1.81. The minimum atomic E-state index is -0.834. The molecule has 3 aliphatic heterocycles. The highest BCUT2D eigenvalue weighted by Crippen LogP contribution is 2.26. The molecule has 0 aliphatic carbocycles. The minimum absolute atomic E-state index is 0.00528. The number of hydrogen-bond acceptors (Lipinski definition) is 8. The normalized spacial score (nSPS) is 20.3. The number of nitrogens with zero attached hydrogens (tertiary/aromatic N) is 4. The Morgan fingerprint density at radius 3 is 2.33 bits per heavy atom. The highest BCUT2D eigenvalue weighted by atomic mass is 16.7. The molecule has 1 aromatic rings. The maximum absolute atomic E-state index is 12.1. The van der Waals surface area contributed by atoms with Gasteiger partial charge in [0.2, 0.25) is 12.4 Å². The number of piperidine rings is 1. The van der Waals surface area contributed by atoms with Crippen molar-refractivity contribution in [3.8, 4) is 0 Å². The standard InChI is InChI=1S/C16H28N4O6.C13H16N2O2/c1-15(2,3)24-13(22)18-12(19-14(23)25-16(4,5)6)20-8-7-11(9-20)26-17-10-21;16-13-14-8-4-7-12(9-14)15(13)17-10-11-5-2-1-3-6-11/h10-11H,7-9H2,1-6H3,(H,17,21)(H,18,19,22,23);1-3,5-6,12H,4,7-10H2. The van der Waals surface area contributed by atoms with Crippen molar-refractivity contribution < 1.29 is 38.3 Å². The van der Waals surface area contributed by atoms with Gasteiger partial charge in [-0.05, 0) is 66.4 Å². The minimum Gasteiger partial charge on any atom is -0.444 e. The molecule has 3 saturated heterocycles. The van der Waals surface area contributed by atoms with Gasteiger partial charge in [-0.2, -0.15) is 5.06 Å². The Balaban J connectivity index is 0.000000254. The third-order valence-corrected chi connectivity index (χ3v) is 6.33. The van der Waals surface area contributed by atoms with E-state index in [1.807, 2.05) is 35.2 Å². The van der Waals surface area contributed by atoms with Gasteiger partial charge in [0.25, 0.3) is 0 Å². The van der Waals surface area contributed by atoms with E-state index in [0.29, 0.717) is 32.5 Å². The Labute approximate surface area is 252 Å². The van der Waals surface area contributed by atoms with E-state index in [1.54, 1.807) is 51.5 Å². The largest absolute Gasteiger partial charge is 0.444 e. The second-order valence-electron chi connectivity index (χ2n) is 12.4. The number of amides is 5. The lowest BCUT2D eigenvalue weighted by Crippen LogP contribution is -2.46. The molecule has 14 nitrogen and oxygen atoms in total. The first kappa shape index (κ1) is 33.6. The number of guanidine groups is 1. The number of ether oxygens (including phenoxy) is 2. The van der Waals surface area contributed by atoms with Crippen molar-refractivity contribution in [3.63, 3.8) is 0 Å². The third kappa shape index (κ3) is 11.4. The van der Waals surface area contributed by atoms with E-state index in [4.69, 9.17) is 19.1 Å². The van der Waals surface area contributed by atoms with E-state index in [0.717, 1.165) is 31.5 Å². The Hall–Kier alpha value is -3.91. The number of carbonyl (C=O) groups excluding carboxylic acids is 4. The van der Waals surface area contributed by atoms with Gasteiger partial charge < -0.3 is 19.3 Å². The zero-order chi connectivity index (χ0) is 31.6. The van der Waals surface area contributed by atoms with Gasteiger partial charge in [-0.25, -0.2) is 19.9 Å². The van der Waals surface area contributed by atoms with Gasteiger partial charge in [0.15, 0.2) is 0 Å². The first-order chi connectivity index (χ1) is 20.2. The molecule has 5 amide bonds. The summed E-state index contributed by atoms with van der Waals surface area (Å²) in [5.74, 6) is 0.00528. The molecule has 14 heteroatoms. The summed E-state index contributed by atoms with van der Waals surface area (Å²) < 4.78 is 10.4. The predicted molar refractivity (Wildman–Crippen MR) is 156 cm³/mol. The molecule has 1 aromatic carbocycles. The van der Waals surface area contributed by atoms with Gasteiger partial charge in [-0.15, -0.1) is 4.99 Å². The number of aliphatic imine (C=N–C) groups is 1. The maximum atomic E-state index is 12.1. The molecule has 3 aliphatic rings. The number of rotatable bonds is 6. The van der Waals surface area contributed by atoms with E-state index >= 15 is 0 Å². The fourth-order valence-corrected chi connectivity index (χ4v) is 4.58. The summed E-state index contributed by atoms with van der Waals surface area (Å²) in [6.07, 6.45) is 1.26. The average molecular weight is 605 g/mol. The van der Waals surface area contributed by atoms with Gasteiger partial charge in [-0.1, -0.05) is 30.3 Å². The Kier molecular flexibility index (Phi) is 11.7. The van der Waals surface area contributed by atoms with Gasteiger partial charge >= 0.3 is 18.2 Å². The Morgan fingerprint density at radius 2 is 1.70 bits per heavy atom. The van der Waals surface area contributed by atoms with Crippen LogP contribution in [0.3, 0.4) is 0 Å². The van der Waals surface area contributed by atoms with Gasteiger partial charge in [0.05, 0.1) is 6.04 Å². The molecule has 238 valence electrons. The molecule has 0 saturated carbocycles. The summed E-state index contributed by atoms with van der Waals surface area (Å²) in [6, 6.07) is 10.2. The molecule has 4 rings (SSSR count). The van der Waals surface area contributed by atoms with Crippen LogP contribution in [0.2, 0.25) is 0 Å². The quantitative estimate of drug-likeness (QED) is 0.215. The van der Waals surface area contributed by atoms with E-state index < -0.39 is 23.4 Å². The summed E-state index contributed by atoms with van der Waals surface area (Å²) in [6.45, 7) is 13.3. The third-order valence-electron chi connectivity index (χ3n) is 6.33. The number of carbonyl (C=O) groups is 4. The van der Waals surface area contributed by atoms with Crippen LogP contribution in [0.4, 0.5) is 14.4 Å². The van der Waals surface area contributed by atoms with Crippen LogP contribution in [-0.2, 0) is 30.6 Å². The van der Waals surface area contributed by atoms with Crippen molar-refractivity contribution in [2.45, 2.75) is 90.8 Å². The predicted octanol–water partition coefficient (Wildman–Crippen LogP) is 3.57. The van der Waals surface area contributed by atoms with E-state index in [-0.39, 0.29) is 24.1 Å². The lowest BCUT2D eigenvalue weighted by atomic mass is 10.1. The van der Waals surface area contributed by atoms with Gasteiger partial charge in [0.1, 0.15) is 23.9 Å². The second kappa shape index (κ2) is 15.0. The number of hydrogen-bond donors (Lipinski definition) is 2. The molecule has 43 heavy (non-hydrogen) atoms. The van der Waals surface area contributed by atoms with Crippen LogP contribution in [0.1, 0.15) is 66.4 Å².